The number of thioether (sulfide) groups is 1. The molecule has 9 heteroatoms. The molecule has 0 atom stereocenters. The summed E-state index contributed by atoms with van der Waals surface area (Å²) in [5.41, 5.74) is 0.839. The first kappa shape index (κ1) is 22.0. The van der Waals surface area contributed by atoms with E-state index < -0.39 is 5.82 Å². The van der Waals surface area contributed by atoms with Crippen molar-refractivity contribution >= 4 is 29.0 Å². The van der Waals surface area contributed by atoms with E-state index in [1.807, 2.05) is 52.4 Å². The average molecular weight is 469 g/mol. The Morgan fingerprint density at radius 2 is 1.88 bits per heavy atom. The Balaban J connectivity index is 1.49. The fourth-order valence-corrected chi connectivity index (χ4v) is 4.66. The fraction of sp³-hybridized carbons (Fsp3) is 0.174. The van der Waals surface area contributed by atoms with Crippen molar-refractivity contribution in [3.05, 3.63) is 88.6 Å². The van der Waals surface area contributed by atoms with Crippen LogP contribution in [-0.4, -0.2) is 38.4 Å². The molecular formula is C23H21FN4O2S2. The van der Waals surface area contributed by atoms with Gasteiger partial charge in [0, 0.05) is 17.6 Å². The second kappa shape index (κ2) is 10.4. The molecule has 6 nitrogen and oxygen atoms in total. The van der Waals surface area contributed by atoms with Gasteiger partial charge in [-0.05, 0) is 35.7 Å². The van der Waals surface area contributed by atoms with Gasteiger partial charge in [0.1, 0.15) is 6.61 Å². The summed E-state index contributed by atoms with van der Waals surface area (Å²) in [6.45, 7) is 0.611. The van der Waals surface area contributed by atoms with Crippen molar-refractivity contribution in [1.82, 2.24) is 19.7 Å². The predicted molar refractivity (Wildman–Crippen MR) is 124 cm³/mol. The number of para-hydroxylation sites is 2. The maximum atomic E-state index is 13.9. The molecule has 0 radical (unpaired) electrons. The monoisotopic (exact) mass is 468 g/mol. The number of thiophene rings is 1. The van der Waals surface area contributed by atoms with Gasteiger partial charge in [-0.15, -0.1) is 21.5 Å². The highest BCUT2D eigenvalue weighted by atomic mass is 32.2. The summed E-state index contributed by atoms with van der Waals surface area (Å²) in [6.07, 6.45) is 0. The third-order valence-electron chi connectivity index (χ3n) is 4.63. The van der Waals surface area contributed by atoms with Crippen LogP contribution >= 0.6 is 23.1 Å². The summed E-state index contributed by atoms with van der Waals surface area (Å²) < 4.78 is 21.4. The molecule has 0 aliphatic rings. The zero-order chi connectivity index (χ0) is 22.3. The summed E-state index contributed by atoms with van der Waals surface area (Å²) in [7, 11) is 1.79. The molecule has 0 N–H and O–H groups in total. The Morgan fingerprint density at radius 3 is 2.62 bits per heavy atom. The number of hydrogen-bond acceptors (Lipinski definition) is 6. The fourth-order valence-electron chi connectivity index (χ4n) is 2.99. The van der Waals surface area contributed by atoms with E-state index in [0.717, 1.165) is 10.6 Å². The molecule has 0 fully saturated rings. The van der Waals surface area contributed by atoms with Crippen LogP contribution in [0.4, 0.5) is 4.39 Å². The highest BCUT2D eigenvalue weighted by molar-refractivity contribution is 7.99. The van der Waals surface area contributed by atoms with Crippen molar-refractivity contribution in [2.24, 2.45) is 0 Å². The molecular weight excluding hydrogens is 447 g/mol. The highest BCUT2D eigenvalue weighted by Crippen LogP contribution is 2.24. The molecule has 2 heterocycles. The molecule has 4 aromatic rings. The molecule has 0 aliphatic carbocycles. The van der Waals surface area contributed by atoms with Crippen LogP contribution in [0.15, 0.2) is 77.3 Å². The van der Waals surface area contributed by atoms with Crippen molar-refractivity contribution in [2.45, 2.75) is 18.3 Å². The van der Waals surface area contributed by atoms with E-state index in [0.29, 0.717) is 17.5 Å². The van der Waals surface area contributed by atoms with Crippen LogP contribution in [0.5, 0.6) is 5.75 Å². The van der Waals surface area contributed by atoms with Crippen molar-refractivity contribution in [3.63, 3.8) is 0 Å². The topological polar surface area (TPSA) is 60.3 Å². The minimum Gasteiger partial charge on any atom is -0.483 e. The second-order valence-electron chi connectivity index (χ2n) is 6.91. The molecule has 0 spiro atoms. The molecule has 0 unspecified atom stereocenters. The zero-order valence-electron chi connectivity index (χ0n) is 17.3. The SMILES string of the molecule is CN(Cc1cccs1)C(=O)CSc1nnc(COc2ccccc2F)n1-c1ccccc1. The van der Waals surface area contributed by atoms with Crippen LogP contribution in [0.25, 0.3) is 5.69 Å². The van der Waals surface area contributed by atoms with Crippen LogP contribution in [-0.2, 0) is 17.9 Å². The summed E-state index contributed by atoms with van der Waals surface area (Å²) >= 11 is 2.93. The third-order valence-corrected chi connectivity index (χ3v) is 6.41. The highest BCUT2D eigenvalue weighted by Gasteiger charge is 2.18. The normalized spacial score (nSPS) is 10.8. The zero-order valence-corrected chi connectivity index (χ0v) is 19.0. The Kier molecular flexibility index (Phi) is 7.18. The Labute approximate surface area is 193 Å². The second-order valence-corrected chi connectivity index (χ2v) is 8.88. The predicted octanol–water partition coefficient (Wildman–Crippen LogP) is 4.80. The lowest BCUT2D eigenvalue weighted by molar-refractivity contribution is -0.127. The van der Waals surface area contributed by atoms with Gasteiger partial charge in [-0.3, -0.25) is 9.36 Å². The van der Waals surface area contributed by atoms with E-state index in [2.05, 4.69) is 10.2 Å². The maximum Gasteiger partial charge on any atom is 0.233 e. The number of aromatic nitrogens is 3. The molecule has 4 rings (SSSR count). The summed E-state index contributed by atoms with van der Waals surface area (Å²) in [5, 5.41) is 11.1. The number of carbonyl (C=O) groups excluding carboxylic acids is 1. The Morgan fingerprint density at radius 1 is 1.09 bits per heavy atom. The smallest absolute Gasteiger partial charge is 0.233 e. The number of benzene rings is 2. The number of hydrogen-bond donors (Lipinski definition) is 0. The number of carbonyl (C=O) groups is 1. The minimum atomic E-state index is -0.438. The van der Waals surface area contributed by atoms with Crippen molar-refractivity contribution in [1.29, 1.82) is 0 Å². The lowest BCUT2D eigenvalue weighted by Crippen LogP contribution is -2.27. The van der Waals surface area contributed by atoms with Gasteiger partial charge in [0.15, 0.2) is 22.5 Å². The van der Waals surface area contributed by atoms with E-state index >= 15 is 0 Å². The quantitative estimate of drug-likeness (QED) is 0.330. The Bertz CT molecular complexity index is 1170. The molecule has 0 saturated heterocycles. The number of amides is 1. The van der Waals surface area contributed by atoms with Gasteiger partial charge in [0.2, 0.25) is 5.91 Å². The summed E-state index contributed by atoms with van der Waals surface area (Å²) in [5.74, 6) is 0.444. The molecule has 164 valence electrons. The van der Waals surface area contributed by atoms with Crippen LogP contribution in [0.1, 0.15) is 10.7 Å². The molecule has 0 bridgehead atoms. The van der Waals surface area contributed by atoms with Crippen LogP contribution in [0, 0.1) is 5.82 Å². The first-order valence-corrected chi connectivity index (χ1v) is 11.7. The summed E-state index contributed by atoms with van der Waals surface area (Å²) in [6, 6.07) is 19.8. The van der Waals surface area contributed by atoms with E-state index in [4.69, 9.17) is 4.74 Å². The molecule has 0 aliphatic heterocycles. The molecule has 0 saturated carbocycles. The number of nitrogens with zero attached hydrogens (tertiary/aromatic N) is 4. The molecule has 1 amide bonds. The largest absolute Gasteiger partial charge is 0.483 e. The van der Waals surface area contributed by atoms with E-state index in [9.17, 15) is 9.18 Å². The van der Waals surface area contributed by atoms with Crippen molar-refractivity contribution in [2.75, 3.05) is 12.8 Å². The van der Waals surface area contributed by atoms with Crippen molar-refractivity contribution < 1.29 is 13.9 Å². The standard InChI is InChI=1S/C23H21FN4O2S2/c1-27(14-18-10-7-13-31-18)22(29)16-32-23-26-25-21(28(23)17-8-3-2-4-9-17)15-30-20-12-6-5-11-19(20)24/h2-13H,14-16H2,1H3. The van der Waals surface area contributed by atoms with Crippen LogP contribution < -0.4 is 4.74 Å². The molecule has 2 aromatic carbocycles. The van der Waals surface area contributed by atoms with Gasteiger partial charge in [-0.1, -0.05) is 48.2 Å². The molecule has 2 aromatic heterocycles. The first-order chi connectivity index (χ1) is 15.6. The third kappa shape index (κ3) is 5.35. The number of ether oxygens (including phenoxy) is 1. The van der Waals surface area contributed by atoms with Gasteiger partial charge >= 0.3 is 0 Å². The first-order valence-electron chi connectivity index (χ1n) is 9.88. The van der Waals surface area contributed by atoms with Gasteiger partial charge in [-0.25, -0.2) is 4.39 Å². The van der Waals surface area contributed by atoms with Gasteiger partial charge in [0.05, 0.1) is 12.3 Å². The number of rotatable bonds is 9. The van der Waals surface area contributed by atoms with Crippen LogP contribution in [0.2, 0.25) is 0 Å². The van der Waals surface area contributed by atoms with Crippen LogP contribution in [0.3, 0.4) is 0 Å². The van der Waals surface area contributed by atoms with Gasteiger partial charge in [0.25, 0.3) is 0 Å². The van der Waals surface area contributed by atoms with Gasteiger partial charge in [-0.2, -0.15) is 0 Å². The molecule has 32 heavy (non-hydrogen) atoms. The van der Waals surface area contributed by atoms with Gasteiger partial charge < -0.3 is 9.64 Å². The van der Waals surface area contributed by atoms with Crippen molar-refractivity contribution in [3.8, 4) is 11.4 Å². The minimum absolute atomic E-state index is 0.00447. The average Bonchev–Trinajstić information content (AvgIpc) is 3.47. The van der Waals surface area contributed by atoms with E-state index in [-0.39, 0.29) is 24.0 Å². The maximum absolute atomic E-state index is 13.9. The Hall–Kier alpha value is -3.17. The lowest BCUT2D eigenvalue weighted by atomic mass is 10.3. The number of halogens is 1. The van der Waals surface area contributed by atoms with E-state index in [1.165, 1.54) is 17.8 Å². The van der Waals surface area contributed by atoms with E-state index in [1.54, 1.807) is 41.5 Å². The summed E-state index contributed by atoms with van der Waals surface area (Å²) in [4.78, 5) is 15.5. The lowest BCUT2D eigenvalue weighted by Gasteiger charge is -2.16.